The molecule has 0 unspecified atom stereocenters. The van der Waals surface area contributed by atoms with Gasteiger partial charge in [0.25, 0.3) is 0 Å². The van der Waals surface area contributed by atoms with Crippen LogP contribution in [0, 0.1) is 5.82 Å². The highest BCUT2D eigenvalue weighted by Gasteiger charge is 2.04. The van der Waals surface area contributed by atoms with Crippen LogP contribution in [-0.2, 0) is 6.54 Å². The van der Waals surface area contributed by atoms with Crippen molar-refractivity contribution >= 4 is 11.5 Å². The van der Waals surface area contributed by atoms with Crippen molar-refractivity contribution in [3.63, 3.8) is 0 Å². The molecule has 0 saturated heterocycles. The summed E-state index contributed by atoms with van der Waals surface area (Å²) in [6.45, 7) is 2.91. The Hall–Kier alpha value is -2.14. The van der Waals surface area contributed by atoms with Gasteiger partial charge in [-0.1, -0.05) is 0 Å². The van der Waals surface area contributed by atoms with Gasteiger partial charge < -0.3 is 15.8 Å². The smallest absolute Gasteiger partial charge is 0.141 e. The standard InChI is InChI=1S/C14H16FN3O/c1-2-19-13-5-4-12(7-10(13)8-16)18-14-6-3-11(15)9-17-14/h3-7,9H,2,8,16H2,1H3,(H,17,18). The highest BCUT2D eigenvalue weighted by atomic mass is 19.1. The third kappa shape index (κ3) is 3.42. The molecule has 0 saturated carbocycles. The van der Waals surface area contributed by atoms with Crippen molar-refractivity contribution in [1.29, 1.82) is 0 Å². The number of nitrogens with one attached hydrogen (secondary N) is 1. The number of hydrogen-bond acceptors (Lipinski definition) is 4. The number of hydrogen-bond donors (Lipinski definition) is 2. The van der Waals surface area contributed by atoms with E-state index in [1.807, 2.05) is 25.1 Å². The van der Waals surface area contributed by atoms with Gasteiger partial charge in [-0.15, -0.1) is 0 Å². The summed E-state index contributed by atoms with van der Waals surface area (Å²) in [5.74, 6) is 0.996. The largest absolute Gasteiger partial charge is 0.494 e. The number of nitrogens with zero attached hydrogens (tertiary/aromatic N) is 1. The molecular weight excluding hydrogens is 245 g/mol. The minimum Gasteiger partial charge on any atom is -0.494 e. The van der Waals surface area contributed by atoms with E-state index in [1.54, 1.807) is 6.07 Å². The van der Waals surface area contributed by atoms with Crippen molar-refractivity contribution in [3.8, 4) is 5.75 Å². The predicted molar refractivity (Wildman–Crippen MR) is 73.0 cm³/mol. The van der Waals surface area contributed by atoms with E-state index in [2.05, 4.69) is 10.3 Å². The van der Waals surface area contributed by atoms with Crippen LogP contribution in [0.5, 0.6) is 5.75 Å². The van der Waals surface area contributed by atoms with E-state index in [0.29, 0.717) is 19.0 Å². The lowest BCUT2D eigenvalue weighted by molar-refractivity contribution is 0.336. The molecule has 0 bridgehead atoms. The fraction of sp³-hybridized carbons (Fsp3) is 0.214. The first-order valence-electron chi connectivity index (χ1n) is 6.07. The first kappa shape index (κ1) is 13.3. The molecule has 2 rings (SSSR count). The molecule has 1 aromatic heterocycles. The van der Waals surface area contributed by atoms with E-state index in [9.17, 15) is 4.39 Å². The number of benzene rings is 1. The zero-order chi connectivity index (χ0) is 13.7. The Balaban J connectivity index is 2.18. The number of rotatable bonds is 5. The van der Waals surface area contributed by atoms with Crippen LogP contribution in [0.2, 0.25) is 0 Å². The molecule has 0 amide bonds. The number of pyridine rings is 1. The van der Waals surface area contributed by atoms with Crippen molar-refractivity contribution < 1.29 is 9.13 Å². The molecule has 0 radical (unpaired) electrons. The predicted octanol–water partition coefficient (Wildman–Crippen LogP) is 2.82. The molecule has 19 heavy (non-hydrogen) atoms. The molecule has 100 valence electrons. The average molecular weight is 261 g/mol. The van der Waals surface area contributed by atoms with E-state index < -0.39 is 0 Å². The number of aromatic nitrogens is 1. The van der Waals surface area contributed by atoms with Crippen LogP contribution < -0.4 is 15.8 Å². The van der Waals surface area contributed by atoms with Gasteiger partial charge in [0.05, 0.1) is 12.8 Å². The Morgan fingerprint density at radius 3 is 2.79 bits per heavy atom. The maximum Gasteiger partial charge on any atom is 0.141 e. The Bertz CT molecular complexity index is 543. The molecule has 0 spiro atoms. The Kier molecular flexibility index (Phi) is 4.30. The van der Waals surface area contributed by atoms with Gasteiger partial charge in [0, 0.05) is 17.8 Å². The van der Waals surface area contributed by atoms with Crippen LogP contribution in [0.1, 0.15) is 12.5 Å². The third-order valence-corrected chi connectivity index (χ3v) is 2.58. The van der Waals surface area contributed by atoms with E-state index >= 15 is 0 Å². The summed E-state index contributed by atoms with van der Waals surface area (Å²) >= 11 is 0. The third-order valence-electron chi connectivity index (χ3n) is 2.58. The first-order chi connectivity index (χ1) is 9.22. The van der Waals surface area contributed by atoms with E-state index in [4.69, 9.17) is 10.5 Å². The van der Waals surface area contributed by atoms with E-state index in [0.717, 1.165) is 17.0 Å². The highest BCUT2D eigenvalue weighted by Crippen LogP contribution is 2.24. The second-order valence-corrected chi connectivity index (χ2v) is 3.95. The lowest BCUT2D eigenvalue weighted by Crippen LogP contribution is -2.03. The van der Waals surface area contributed by atoms with Gasteiger partial charge in [0.2, 0.25) is 0 Å². The van der Waals surface area contributed by atoms with Crippen molar-refractivity contribution in [2.45, 2.75) is 13.5 Å². The number of ether oxygens (including phenoxy) is 1. The van der Waals surface area contributed by atoms with Crippen molar-refractivity contribution in [1.82, 2.24) is 4.98 Å². The summed E-state index contributed by atoms with van der Waals surface area (Å²) in [5.41, 5.74) is 7.44. The van der Waals surface area contributed by atoms with E-state index in [-0.39, 0.29) is 5.82 Å². The van der Waals surface area contributed by atoms with Crippen LogP contribution in [-0.4, -0.2) is 11.6 Å². The first-order valence-corrected chi connectivity index (χ1v) is 6.07. The van der Waals surface area contributed by atoms with Crippen molar-refractivity contribution in [2.75, 3.05) is 11.9 Å². The summed E-state index contributed by atoms with van der Waals surface area (Å²) in [6.07, 6.45) is 1.17. The van der Waals surface area contributed by atoms with Gasteiger partial charge in [-0.3, -0.25) is 0 Å². The molecule has 0 aliphatic heterocycles. The fourth-order valence-electron chi connectivity index (χ4n) is 1.71. The Morgan fingerprint density at radius 1 is 1.32 bits per heavy atom. The second-order valence-electron chi connectivity index (χ2n) is 3.95. The van der Waals surface area contributed by atoms with Crippen LogP contribution in [0.15, 0.2) is 36.5 Å². The Labute approximate surface area is 111 Å². The molecule has 0 aliphatic rings. The highest BCUT2D eigenvalue weighted by molar-refractivity contribution is 5.59. The second kappa shape index (κ2) is 6.15. The van der Waals surface area contributed by atoms with Crippen LogP contribution in [0.25, 0.3) is 0 Å². The van der Waals surface area contributed by atoms with Gasteiger partial charge >= 0.3 is 0 Å². The lowest BCUT2D eigenvalue weighted by Gasteiger charge is -2.11. The summed E-state index contributed by atoms with van der Waals surface area (Å²) in [4.78, 5) is 3.94. The van der Waals surface area contributed by atoms with Gasteiger partial charge in [0.1, 0.15) is 17.4 Å². The summed E-state index contributed by atoms with van der Waals surface area (Å²) in [7, 11) is 0. The number of anilines is 2. The maximum absolute atomic E-state index is 12.8. The quantitative estimate of drug-likeness (QED) is 0.868. The summed E-state index contributed by atoms with van der Waals surface area (Å²) in [6, 6.07) is 8.56. The topological polar surface area (TPSA) is 60.2 Å². The molecule has 0 fully saturated rings. The minimum atomic E-state index is -0.361. The SMILES string of the molecule is CCOc1ccc(Nc2ccc(F)cn2)cc1CN. The number of halogens is 1. The van der Waals surface area contributed by atoms with Gasteiger partial charge in [-0.25, -0.2) is 9.37 Å². The van der Waals surface area contributed by atoms with Gasteiger partial charge in [-0.2, -0.15) is 0 Å². The fourth-order valence-corrected chi connectivity index (χ4v) is 1.71. The lowest BCUT2D eigenvalue weighted by atomic mass is 10.1. The van der Waals surface area contributed by atoms with Crippen LogP contribution in [0.3, 0.4) is 0 Å². The molecule has 5 heteroatoms. The maximum atomic E-state index is 12.8. The van der Waals surface area contributed by atoms with Crippen molar-refractivity contribution in [3.05, 3.63) is 47.9 Å². The number of nitrogens with two attached hydrogens (primary N) is 1. The molecule has 2 aromatic rings. The summed E-state index contributed by atoms with van der Waals surface area (Å²) in [5, 5.41) is 3.09. The monoisotopic (exact) mass is 261 g/mol. The molecular formula is C14H16FN3O. The van der Waals surface area contributed by atoms with Crippen molar-refractivity contribution in [2.24, 2.45) is 5.73 Å². The molecule has 3 N–H and O–H groups in total. The normalized spacial score (nSPS) is 10.3. The van der Waals surface area contributed by atoms with Gasteiger partial charge in [-0.05, 0) is 37.3 Å². The molecule has 0 atom stereocenters. The summed E-state index contributed by atoms with van der Waals surface area (Å²) < 4.78 is 18.2. The molecule has 1 heterocycles. The molecule has 4 nitrogen and oxygen atoms in total. The van der Waals surface area contributed by atoms with Crippen LogP contribution in [0.4, 0.5) is 15.9 Å². The molecule has 1 aromatic carbocycles. The minimum absolute atomic E-state index is 0.361. The molecule has 0 aliphatic carbocycles. The van der Waals surface area contributed by atoms with Crippen LogP contribution >= 0.6 is 0 Å². The van der Waals surface area contributed by atoms with E-state index in [1.165, 1.54) is 12.3 Å². The zero-order valence-electron chi connectivity index (χ0n) is 10.7. The van der Waals surface area contributed by atoms with Gasteiger partial charge in [0.15, 0.2) is 0 Å². The zero-order valence-corrected chi connectivity index (χ0v) is 10.7. The Morgan fingerprint density at radius 2 is 2.16 bits per heavy atom. The average Bonchev–Trinajstić information content (AvgIpc) is 2.43.